The molecular formula is C15H21N5O. The average molecular weight is 287 g/mol. The Bertz CT molecular complexity index is 570. The number of benzene rings is 1. The van der Waals surface area contributed by atoms with Crippen LogP contribution in [0.4, 0.5) is 0 Å². The minimum atomic E-state index is 0.134. The highest BCUT2D eigenvalue weighted by atomic mass is 16.3. The Morgan fingerprint density at radius 3 is 2.90 bits per heavy atom. The molecule has 1 fully saturated rings. The molecule has 2 aromatic rings. The van der Waals surface area contributed by atoms with Crippen LogP contribution in [0.2, 0.25) is 0 Å². The minimum absolute atomic E-state index is 0.134. The van der Waals surface area contributed by atoms with Crippen molar-refractivity contribution in [2.45, 2.75) is 25.8 Å². The van der Waals surface area contributed by atoms with Crippen molar-refractivity contribution in [3.05, 3.63) is 36.2 Å². The smallest absolute Gasteiger partial charge is 0.173 e. The fourth-order valence-electron chi connectivity index (χ4n) is 2.97. The lowest BCUT2D eigenvalue weighted by molar-refractivity contribution is 0.0898. The van der Waals surface area contributed by atoms with Gasteiger partial charge in [-0.05, 0) is 54.8 Å². The molecule has 2 unspecified atom stereocenters. The molecule has 0 spiro atoms. The number of nitrogens with zero attached hydrogens (tertiary/aromatic N) is 5. The third-order valence-corrected chi connectivity index (χ3v) is 4.22. The fourth-order valence-corrected chi connectivity index (χ4v) is 2.97. The van der Waals surface area contributed by atoms with Gasteiger partial charge in [0.25, 0.3) is 0 Å². The zero-order valence-corrected chi connectivity index (χ0v) is 12.3. The number of rotatable bonds is 4. The van der Waals surface area contributed by atoms with Gasteiger partial charge in [0.05, 0.1) is 11.7 Å². The molecule has 1 saturated heterocycles. The summed E-state index contributed by atoms with van der Waals surface area (Å²) in [6.45, 7) is 4.32. The Balaban J connectivity index is 1.82. The van der Waals surface area contributed by atoms with Gasteiger partial charge in [0.2, 0.25) is 0 Å². The molecule has 0 bridgehead atoms. The van der Waals surface area contributed by atoms with E-state index in [2.05, 4.69) is 27.3 Å². The van der Waals surface area contributed by atoms with Crippen LogP contribution in [0.15, 0.2) is 30.3 Å². The fraction of sp³-hybridized carbons (Fsp3) is 0.533. The van der Waals surface area contributed by atoms with Crippen molar-refractivity contribution in [2.75, 3.05) is 19.7 Å². The molecule has 6 nitrogen and oxygen atoms in total. The molecular weight excluding hydrogens is 266 g/mol. The SMILES string of the molecule is CC(c1nnnn1-c1ccccc1)N1CCCC(CO)C1. The molecule has 0 aliphatic carbocycles. The summed E-state index contributed by atoms with van der Waals surface area (Å²) in [5, 5.41) is 21.6. The predicted molar refractivity (Wildman–Crippen MR) is 79.0 cm³/mol. The predicted octanol–water partition coefficient (Wildman–Crippen LogP) is 1.43. The molecule has 2 atom stereocenters. The maximum absolute atomic E-state index is 9.38. The third-order valence-electron chi connectivity index (χ3n) is 4.22. The Morgan fingerprint density at radius 2 is 2.14 bits per heavy atom. The molecule has 0 radical (unpaired) electrons. The highest BCUT2D eigenvalue weighted by Crippen LogP contribution is 2.26. The van der Waals surface area contributed by atoms with E-state index < -0.39 is 0 Å². The molecule has 3 rings (SSSR count). The van der Waals surface area contributed by atoms with E-state index in [1.807, 2.05) is 30.3 Å². The Kier molecular flexibility index (Phi) is 4.26. The quantitative estimate of drug-likeness (QED) is 0.921. The topological polar surface area (TPSA) is 67.1 Å². The highest BCUT2D eigenvalue weighted by Gasteiger charge is 2.27. The first-order chi connectivity index (χ1) is 10.3. The first-order valence-corrected chi connectivity index (χ1v) is 7.48. The van der Waals surface area contributed by atoms with Gasteiger partial charge in [-0.15, -0.1) is 5.10 Å². The number of para-hydroxylation sites is 1. The lowest BCUT2D eigenvalue weighted by atomic mass is 9.97. The van der Waals surface area contributed by atoms with E-state index in [0.29, 0.717) is 5.92 Å². The number of tetrazole rings is 1. The van der Waals surface area contributed by atoms with Gasteiger partial charge in [-0.1, -0.05) is 18.2 Å². The molecule has 1 aromatic heterocycles. The van der Waals surface area contributed by atoms with E-state index in [9.17, 15) is 5.11 Å². The highest BCUT2D eigenvalue weighted by molar-refractivity contribution is 5.30. The van der Waals surface area contributed by atoms with Crippen molar-refractivity contribution in [1.29, 1.82) is 0 Å². The summed E-state index contributed by atoms with van der Waals surface area (Å²) >= 11 is 0. The van der Waals surface area contributed by atoms with Gasteiger partial charge in [0.15, 0.2) is 5.82 Å². The second-order valence-corrected chi connectivity index (χ2v) is 5.65. The monoisotopic (exact) mass is 287 g/mol. The standard InChI is InChI=1S/C15H21N5O/c1-12(19-9-5-6-13(10-19)11-21)15-16-17-18-20(15)14-7-3-2-4-8-14/h2-4,7-8,12-13,21H,5-6,9-11H2,1H3. The molecule has 1 aromatic carbocycles. The summed E-state index contributed by atoms with van der Waals surface area (Å²) in [5.74, 6) is 1.21. The number of piperidine rings is 1. The summed E-state index contributed by atoms with van der Waals surface area (Å²) < 4.78 is 1.80. The molecule has 1 N–H and O–H groups in total. The van der Waals surface area contributed by atoms with Crippen LogP contribution >= 0.6 is 0 Å². The van der Waals surface area contributed by atoms with Crippen LogP contribution in [0.5, 0.6) is 0 Å². The van der Waals surface area contributed by atoms with Crippen molar-refractivity contribution in [1.82, 2.24) is 25.1 Å². The molecule has 21 heavy (non-hydrogen) atoms. The van der Waals surface area contributed by atoms with E-state index >= 15 is 0 Å². The first kappa shape index (κ1) is 14.2. The Hall–Kier alpha value is -1.79. The van der Waals surface area contributed by atoms with E-state index in [1.165, 1.54) is 0 Å². The van der Waals surface area contributed by atoms with Crippen molar-refractivity contribution in [2.24, 2.45) is 5.92 Å². The van der Waals surface area contributed by atoms with Gasteiger partial charge < -0.3 is 5.11 Å². The van der Waals surface area contributed by atoms with Crippen LogP contribution < -0.4 is 0 Å². The van der Waals surface area contributed by atoms with Gasteiger partial charge in [0.1, 0.15) is 0 Å². The second-order valence-electron chi connectivity index (χ2n) is 5.65. The lowest BCUT2D eigenvalue weighted by Gasteiger charge is -2.35. The molecule has 0 saturated carbocycles. The van der Waals surface area contributed by atoms with Gasteiger partial charge in [0, 0.05) is 13.2 Å². The van der Waals surface area contributed by atoms with Crippen LogP contribution in [0.1, 0.15) is 31.6 Å². The maximum Gasteiger partial charge on any atom is 0.173 e. The van der Waals surface area contributed by atoms with E-state index in [0.717, 1.165) is 37.4 Å². The molecule has 1 aliphatic heterocycles. The zero-order chi connectivity index (χ0) is 14.7. The van der Waals surface area contributed by atoms with Gasteiger partial charge in [-0.3, -0.25) is 4.90 Å². The number of hydrogen-bond acceptors (Lipinski definition) is 5. The number of aliphatic hydroxyl groups is 1. The second kappa shape index (κ2) is 6.32. The van der Waals surface area contributed by atoms with Gasteiger partial charge in [-0.25, -0.2) is 0 Å². The number of aromatic nitrogens is 4. The minimum Gasteiger partial charge on any atom is -0.396 e. The summed E-state index contributed by atoms with van der Waals surface area (Å²) in [7, 11) is 0. The molecule has 6 heteroatoms. The number of aliphatic hydroxyl groups excluding tert-OH is 1. The summed E-state index contributed by atoms with van der Waals surface area (Å²) in [6, 6.07) is 10.1. The van der Waals surface area contributed by atoms with E-state index in [-0.39, 0.29) is 12.6 Å². The van der Waals surface area contributed by atoms with Crippen molar-refractivity contribution in [3.63, 3.8) is 0 Å². The summed E-state index contributed by atoms with van der Waals surface area (Å²) in [4.78, 5) is 2.36. The van der Waals surface area contributed by atoms with Gasteiger partial charge >= 0.3 is 0 Å². The lowest BCUT2D eigenvalue weighted by Crippen LogP contribution is -2.39. The largest absolute Gasteiger partial charge is 0.396 e. The summed E-state index contributed by atoms with van der Waals surface area (Å²) in [5.41, 5.74) is 0.972. The Labute approximate surface area is 124 Å². The zero-order valence-electron chi connectivity index (χ0n) is 12.3. The van der Waals surface area contributed by atoms with Crippen LogP contribution in [0, 0.1) is 5.92 Å². The van der Waals surface area contributed by atoms with Crippen molar-refractivity contribution in [3.8, 4) is 5.69 Å². The van der Waals surface area contributed by atoms with E-state index in [1.54, 1.807) is 4.68 Å². The van der Waals surface area contributed by atoms with Crippen LogP contribution in [0.3, 0.4) is 0 Å². The van der Waals surface area contributed by atoms with Crippen LogP contribution in [-0.2, 0) is 0 Å². The molecule has 1 aliphatic rings. The van der Waals surface area contributed by atoms with Gasteiger partial charge in [-0.2, -0.15) is 4.68 Å². The number of hydrogen-bond donors (Lipinski definition) is 1. The summed E-state index contributed by atoms with van der Waals surface area (Å²) in [6.07, 6.45) is 2.21. The molecule has 2 heterocycles. The van der Waals surface area contributed by atoms with Crippen molar-refractivity contribution < 1.29 is 5.11 Å². The molecule has 0 amide bonds. The Morgan fingerprint density at radius 1 is 1.33 bits per heavy atom. The average Bonchev–Trinajstić information content (AvgIpc) is 3.04. The molecule has 112 valence electrons. The van der Waals surface area contributed by atoms with Crippen molar-refractivity contribution >= 4 is 0 Å². The first-order valence-electron chi connectivity index (χ1n) is 7.48. The van der Waals surface area contributed by atoms with Crippen LogP contribution in [0.25, 0.3) is 5.69 Å². The van der Waals surface area contributed by atoms with E-state index in [4.69, 9.17) is 0 Å². The normalized spacial score (nSPS) is 21.3. The van der Waals surface area contributed by atoms with Crippen LogP contribution in [-0.4, -0.2) is 49.9 Å². The third kappa shape index (κ3) is 2.96. The maximum atomic E-state index is 9.38. The number of likely N-dealkylation sites (tertiary alicyclic amines) is 1.